The maximum absolute atomic E-state index is 5.81. The van der Waals surface area contributed by atoms with Crippen molar-refractivity contribution in [2.45, 2.75) is 12.5 Å². The molecule has 3 nitrogen and oxygen atoms in total. The van der Waals surface area contributed by atoms with Gasteiger partial charge in [0, 0.05) is 19.1 Å². The van der Waals surface area contributed by atoms with Crippen molar-refractivity contribution in [2.75, 3.05) is 32.9 Å². The molecular formula is C13H17NO2. The zero-order valence-electron chi connectivity index (χ0n) is 9.39. The van der Waals surface area contributed by atoms with Crippen LogP contribution in [0.2, 0.25) is 0 Å². The fraction of sp³-hybridized carbons (Fsp3) is 0.538. The summed E-state index contributed by atoms with van der Waals surface area (Å²) < 4.78 is 11.2. The van der Waals surface area contributed by atoms with E-state index in [1.165, 1.54) is 5.56 Å². The van der Waals surface area contributed by atoms with Crippen molar-refractivity contribution in [3.63, 3.8) is 0 Å². The summed E-state index contributed by atoms with van der Waals surface area (Å²) in [7, 11) is 0. The Labute approximate surface area is 96.0 Å². The number of nitrogens with zero attached hydrogens (tertiary/aromatic N) is 1. The molecular weight excluding hydrogens is 202 g/mol. The number of fused-ring (bicyclic) bond motifs is 1. The Morgan fingerprint density at radius 1 is 1.12 bits per heavy atom. The molecule has 86 valence electrons. The van der Waals surface area contributed by atoms with E-state index in [4.69, 9.17) is 9.47 Å². The van der Waals surface area contributed by atoms with Gasteiger partial charge in [0.1, 0.15) is 12.4 Å². The predicted molar refractivity (Wildman–Crippen MR) is 61.8 cm³/mol. The first kappa shape index (κ1) is 10.1. The van der Waals surface area contributed by atoms with Crippen LogP contribution in [0.3, 0.4) is 0 Å². The van der Waals surface area contributed by atoms with Gasteiger partial charge in [-0.15, -0.1) is 0 Å². The number of para-hydroxylation sites is 1. The zero-order chi connectivity index (χ0) is 10.8. The molecule has 0 unspecified atom stereocenters. The third-order valence-corrected chi connectivity index (χ3v) is 3.42. The molecule has 3 rings (SSSR count). The molecule has 0 saturated carbocycles. The first-order valence-electron chi connectivity index (χ1n) is 5.96. The molecule has 2 heterocycles. The van der Waals surface area contributed by atoms with Crippen molar-refractivity contribution < 1.29 is 9.47 Å². The molecule has 2 aliphatic rings. The number of benzene rings is 1. The van der Waals surface area contributed by atoms with Crippen molar-refractivity contribution in [2.24, 2.45) is 0 Å². The zero-order valence-corrected chi connectivity index (χ0v) is 9.39. The van der Waals surface area contributed by atoms with E-state index in [2.05, 4.69) is 23.1 Å². The van der Waals surface area contributed by atoms with Gasteiger partial charge in [-0.3, -0.25) is 4.90 Å². The van der Waals surface area contributed by atoms with E-state index in [0.29, 0.717) is 6.04 Å². The Morgan fingerprint density at radius 2 is 1.94 bits per heavy atom. The summed E-state index contributed by atoms with van der Waals surface area (Å²) in [6, 6.07) is 8.88. The standard InChI is InChI=1S/C13H17NO2/c1-2-4-13-11(3-1)9-12(10-16-13)14-5-7-15-8-6-14/h1-4,12H,5-10H2/t12-/m1/s1. The van der Waals surface area contributed by atoms with Crippen LogP contribution in [0.4, 0.5) is 0 Å². The predicted octanol–water partition coefficient (Wildman–Crippen LogP) is 1.32. The highest BCUT2D eigenvalue weighted by atomic mass is 16.5. The van der Waals surface area contributed by atoms with E-state index in [9.17, 15) is 0 Å². The topological polar surface area (TPSA) is 21.7 Å². The van der Waals surface area contributed by atoms with Crippen LogP contribution in [0.15, 0.2) is 24.3 Å². The minimum atomic E-state index is 0.527. The van der Waals surface area contributed by atoms with Crippen molar-refractivity contribution in [3.05, 3.63) is 29.8 Å². The number of morpholine rings is 1. The molecule has 0 amide bonds. The highest BCUT2D eigenvalue weighted by Gasteiger charge is 2.26. The van der Waals surface area contributed by atoms with E-state index < -0.39 is 0 Å². The lowest BCUT2D eigenvalue weighted by Gasteiger charge is -2.37. The van der Waals surface area contributed by atoms with E-state index in [-0.39, 0.29) is 0 Å². The van der Waals surface area contributed by atoms with Gasteiger partial charge in [-0.1, -0.05) is 18.2 Å². The van der Waals surface area contributed by atoms with Gasteiger partial charge in [-0.05, 0) is 18.1 Å². The van der Waals surface area contributed by atoms with Crippen molar-refractivity contribution >= 4 is 0 Å². The van der Waals surface area contributed by atoms with Crippen molar-refractivity contribution in [1.82, 2.24) is 4.90 Å². The third kappa shape index (κ3) is 1.93. The second-order valence-corrected chi connectivity index (χ2v) is 4.43. The van der Waals surface area contributed by atoms with Gasteiger partial charge in [0.2, 0.25) is 0 Å². The number of ether oxygens (including phenoxy) is 2. The summed E-state index contributed by atoms with van der Waals surface area (Å²) in [6.45, 7) is 4.61. The van der Waals surface area contributed by atoms with Crippen LogP contribution in [0.1, 0.15) is 5.56 Å². The average Bonchev–Trinajstić information content (AvgIpc) is 2.39. The Kier molecular flexibility index (Phi) is 2.80. The molecule has 0 bridgehead atoms. The lowest BCUT2D eigenvalue weighted by atomic mass is 10.0. The second-order valence-electron chi connectivity index (χ2n) is 4.43. The normalized spacial score (nSPS) is 25.9. The van der Waals surface area contributed by atoms with E-state index in [1.54, 1.807) is 0 Å². The Bertz CT molecular complexity index is 361. The van der Waals surface area contributed by atoms with Crippen LogP contribution in [0.5, 0.6) is 5.75 Å². The largest absolute Gasteiger partial charge is 0.492 e. The number of hydrogen-bond acceptors (Lipinski definition) is 3. The fourth-order valence-corrected chi connectivity index (χ4v) is 2.49. The molecule has 1 aromatic carbocycles. The Hall–Kier alpha value is -1.06. The number of rotatable bonds is 1. The third-order valence-electron chi connectivity index (χ3n) is 3.42. The molecule has 0 radical (unpaired) electrons. The minimum Gasteiger partial charge on any atom is -0.492 e. The van der Waals surface area contributed by atoms with Gasteiger partial charge < -0.3 is 9.47 Å². The summed E-state index contributed by atoms with van der Waals surface area (Å²) in [5.41, 5.74) is 1.34. The van der Waals surface area contributed by atoms with Crippen LogP contribution in [-0.2, 0) is 11.2 Å². The molecule has 1 aromatic rings. The van der Waals surface area contributed by atoms with Crippen LogP contribution >= 0.6 is 0 Å². The molecule has 1 fully saturated rings. The molecule has 1 atom stereocenters. The van der Waals surface area contributed by atoms with Crippen LogP contribution in [0, 0.1) is 0 Å². The Balaban J connectivity index is 1.72. The summed E-state index contributed by atoms with van der Waals surface area (Å²) in [5.74, 6) is 1.06. The van der Waals surface area contributed by atoms with E-state index in [0.717, 1.165) is 45.1 Å². The van der Waals surface area contributed by atoms with Gasteiger partial charge in [0.05, 0.1) is 13.2 Å². The Morgan fingerprint density at radius 3 is 2.81 bits per heavy atom. The van der Waals surface area contributed by atoms with Gasteiger partial charge >= 0.3 is 0 Å². The van der Waals surface area contributed by atoms with Crippen molar-refractivity contribution in [1.29, 1.82) is 0 Å². The van der Waals surface area contributed by atoms with Crippen molar-refractivity contribution in [3.8, 4) is 5.75 Å². The van der Waals surface area contributed by atoms with Crippen LogP contribution in [0.25, 0.3) is 0 Å². The van der Waals surface area contributed by atoms with Gasteiger partial charge in [0.25, 0.3) is 0 Å². The monoisotopic (exact) mass is 219 g/mol. The molecule has 0 spiro atoms. The fourth-order valence-electron chi connectivity index (χ4n) is 2.49. The number of hydrogen-bond donors (Lipinski definition) is 0. The van der Waals surface area contributed by atoms with Gasteiger partial charge in [-0.25, -0.2) is 0 Å². The second kappa shape index (κ2) is 4.44. The summed E-state index contributed by atoms with van der Waals surface area (Å²) in [6.07, 6.45) is 1.11. The minimum absolute atomic E-state index is 0.527. The molecule has 3 heteroatoms. The summed E-state index contributed by atoms with van der Waals surface area (Å²) in [4.78, 5) is 2.49. The SMILES string of the molecule is c1ccc2c(c1)C[C@@H](N1CCOCC1)CO2. The van der Waals surface area contributed by atoms with Crippen LogP contribution < -0.4 is 4.74 Å². The molecule has 16 heavy (non-hydrogen) atoms. The first-order chi connectivity index (χ1) is 7.93. The lowest BCUT2D eigenvalue weighted by molar-refractivity contribution is 0.00248. The van der Waals surface area contributed by atoms with Gasteiger partial charge in [-0.2, -0.15) is 0 Å². The molecule has 2 aliphatic heterocycles. The van der Waals surface area contributed by atoms with E-state index >= 15 is 0 Å². The van der Waals surface area contributed by atoms with Crippen LogP contribution in [-0.4, -0.2) is 43.9 Å². The first-order valence-corrected chi connectivity index (χ1v) is 5.96. The molecule has 0 aromatic heterocycles. The van der Waals surface area contributed by atoms with Gasteiger partial charge in [0.15, 0.2) is 0 Å². The molecule has 0 N–H and O–H groups in total. The highest BCUT2D eigenvalue weighted by molar-refractivity contribution is 5.35. The molecule has 1 saturated heterocycles. The molecule has 0 aliphatic carbocycles. The maximum Gasteiger partial charge on any atom is 0.122 e. The lowest BCUT2D eigenvalue weighted by Crippen LogP contribution is -2.48. The maximum atomic E-state index is 5.81. The smallest absolute Gasteiger partial charge is 0.122 e. The quantitative estimate of drug-likeness (QED) is 0.711. The van der Waals surface area contributed by atoms with E-state index in [1.807, 2.05) is 6.07 Å². The average molecular weight is 219 g/mol. The summed E-state index contributed by atoms with van der Waals surface area (Å²) >= 11 is 0. The summed E-state index contributed by atoms with van der Waals surface area (Å²) in [5, 5.41) is 0. The highest BCUT2D eigenvalue weighted by Crippen LogP contribution is 2.26.